The van der Waals surface area contributed by atoms with Crippen LogP contribution in [0.25, 0.3) is 0 Å². The molecule has 0 aromatic heterocycles. The second kappa shape index (κ2) is 13.8. The molecule has 34 heavy (non-hydrogen) atoms. The Morgan fingerprint density at radius 2 is 1.91 bits per heavy atom. The van der Waals surface area contributed by atoms with Crippen LogP contribution in [0.1, 0.15) is 62.2 Å². The van der Waals surface area contributed by atoms with Gasteiger partial charge >= 0.3 is 11.9 Å². The first-order valence-electron chi connectivity index (χ1n) is 11.3. The quantitative estimate of drug-likeness (QED) is 0.148. The van der Waals surface area contributed by atoms with Gasteiger partial charge in [0.05, 0.1) is 6.61 Å². The molecule has 0 aliphatic rings. The van der Waals surface area contributed by atoms with Crippen molar-refractivity contribution in [2.24, 2.45) is 0 Å². The minimum Gasteiger partial charge on any atom is -0.493 e. The number of carbonyl (C=O) groups excluding carboxylic acids is 2. The maximum absolute atomic E-state index is 13.8. The van der Waals surface area contributed by atoms with E-state index in [0.717, 1.165) is 37.8 Å². The summed E-state index contributed by atoms with van der Waals surface area (Å²) in [7, 11) is 0. The van der Waals surface area contributed by atoms with E-state index in [-0.39, 0.29) is 30.1 Å². The monoisotopic (exact) mass is 466 g/mol. The summed E-state index contributed by atoms with van der Waals surface area (Å²) in [6, 6.07) is 15.0. The predicted octanol–water partition coefficient (Wildman–Crippen LogP) is 5.97. The zero-order valence-electron chi connectivity index (χ0n) is 19.3. The molecule has 1 atom stereocenters. The van der Waals surface area contributed by atoms with Gasteiger partial charge in [0.2, 0.25) is 0 Å². The molecule has 0 heterocycles. The van der Waals surface area contributed by atoms with Crippen molar-refractivity contribution in [3.05, 3.63) is 72.6 Å². The third-order valence-electron chi connectivity index (χ3n) is 5.17. The Morgan fingerprint density at radius 3 is 2.62 bits per heavy atom. The number of halogens is 1. The molecule has 179 valence electrons. The molecule has 0 bridgehead atoms. The summed E-state index contributed by atoms with van der Waals surface area (Å²) in [6.07, 6.45) is 5.93. The molecule has 0 aliphatic heterocycles. The molecular formula is C27H29FNO5. The Bertz CT molecular complexity index is 1020. The molecule has 0 amide bonds. The molecule has 2 aromatic carbocycles. The molecule has 0 saturated carbocycles. The van der Waals surface area contributed by atoms with E-state index in [4.69, 9.17) is 14.2 Å². The van der Waals surface area contributed by atoms with Crippen molar-refractivity contribution in [1.29, 1.82) is 5.26 Å². The van der Waals surface area contributed by atoms with Gasteiger partial charge in [-0.3, -0.25) is 0 Å². The van der Waals surface area contributed by atoms with Gasteiger partial charge in [-0.05, 0) is 43.2 Å². The van der Waals surface area contributed by atoms with Crippen LogP contribution >= 0.6 is 0 Å². The Labute approximate surface area is 199 Å². The van der Waals surface area contributed by atoms with Gasteiger partial charge in [0.25, 0.3) is 0 Å². The van der Waals surface area contributed by atoms with Gasteiger partial charge < -0.3 is 14.2 Å². The van der Waals surface area contributed by atoms with Crippen molar-refractivity contribution in [2.75, 3.05) is 6.61 Å². The van der Waals surface area contributed by atoms with Gasteiger partial charge in [-0.2, -0.15) is 5.26 Å². The lowest BCUT2D eigenvalue weighted by Crippen LogP contribution is -2.33. The Morgan fingerprint density at radius 1 is 1.15 bits per heavy atom. The first kappa shape index (κ1) is 26.6. The van der Waals surface area contributed by atoms with E-state index >= 15 is 0 Å². The van der Waals surface area contributed by atoms with Crippen LogP contribution in [-0.2, 0) is 9.53 Å². The van der Waals surface area contributed by atoms with E-state index in [1.165, 1.54) is 18.2 Å². The minimum absolute atomic E-state index is 0.138. The maximum atomic E-state index is 13.8. The topological polar surface area (TPSA) is 85.6 Å². The molecule has 0 aliphatic carbocycles. The average molecular weight is 467 g/mol. The average Bonchev–Trinajstić information content (AvgIpc) is 2.85. The van der Waals surface area contributed by atoms with Crippen molar-refractivity contribution >= 4 is 11.9 Å². The number of hydrogen-bond donors (Lipinski definition) is 0. The molecule has 6 nitrogen and oxygen atoms in total. The van der Waals surface area contributed by atoms with Gasteiger partial charge in [0.1, 0.15) is 17.4 Å². The third-order valence-corrected chi connectivity index (χ3v) is 5.17. The molecule has 0 spiro atoms. The van der Waals surface area contributed by atoms with Crippen LogP contribution in [0.2, 0.25) is 0 Å². The normalized spacial score (nSPS) is 12.1. The van der Waals surface area contributed by atoms with Crippen molar-refractivity contribution in [3.8, 4) is 17.6 Å². The number of benzene rings is 2. The zero-order valence-corrected chi connectivity index (χ0v) is 19.3. The number of hydrogen-bond acceptors (Lipinski definition) is 6. The Balaban J connectivity index is 2.01. The van der Waals surface area contributed by atoms with Crippen molar-refractivity contribution in [3.63, 3.8) is 0 Å². The number of unbranched alkanes of at least 4 members (excludes halogenated alkanes) is 3. The lowest BCUT2D eigenvalue weighted by atomic mass is 9.92. The van der Waals surface area contributed by atoms with Crippen LogP contribution in [0.3, 0.4) is 0 Å². The van der Waals surface area contributed by atoms with Crippen molar-refractivity contribution in [1.82, 2.24) is 0 Å². The largest absolute Gasteiger partial charge is 0.493 e. The number of nitriles is 1. The fourth-order valence-corrected chi connectivity index (χ4v) is 3.37. The van der Waals surface area contributed by atoms with Gasteiger partial charge in [-0.1, -0.05) is 51.0 Å². The van der Waals surface area contributed by atoms with E-state index in [9.17, 15) is 19.2 Å². The molecule has 1 unspecified atom stereocenters. The van der Waals surface area contributed by atoms with Crippen LogP contribution in [0.5, 0.6) is 11.5 Å². The summed E-state index contributed by atoms with van der Waals surface area (Å²) in [4.78, 5) is 24.4. The zero-order chi connectivity index (χ0) is 24.8. The fourth-order valence-electron chi connectivity index (χ4n) is 3.37. The number of ether oxygens (including phenoxy) is 3. The van der Waals surface area contributed by atoms with E-state index < -0.39 is 23.4 Å². The minimum atomic E-state index is -1.26. The van der Waals surface area contributed by atoms with Crippen molar-refractivity contribution in [2.45, 2.75) is 57.5 Å². The Kier molecular flexibility index (Phi) is 10.8. The van der Waals surface area contributed by atoms with Gasteiger partial charge in [0, 0.05) is 18.9 Å². The second-order valence-electron chi connectivity index (χ2n) is 7.74. The number of carbonyl (C=O) groups is 2. The van der Waals surface area contributed by atoms with Crippen LogP contribution in [-0.4, -0.2) is 24.1 Å². The molecule has 2 aromatic rings. The molecular weight excluding hydrogens is 437 g/mol. The summed E-state index contributed by atoms with van der Waals surface area (Å²) in [6.45, 7) is 5.67. The molecule has 0 N–H and O–H groups in total. The molecule has 1 radical (unpaired) electrons. The number of rotatable bonds is 14. The second-order valence-corrected chi connectivity index (χ2v) is 7.74. The van der Waals surface area contributed by atoms with Crippen LogP contribution in [0.15, 0.2) is 55.1 Å². The predicted molar refractivity (Wildman–Crippen MR) is 125 cm³/mol. The van der Waals surface area contributed by atoms with Crippen LogP contribution in [0.4, 0.5) is 4.39 Å². The highest BCUT2D eigenvalue weighted by molar-refractivity contribution is 5.94. The summed E-state index contributed by atoms with van der Waals surface area (Å²) in [5.74, 6) is -2.04. The maximum Gasteiger partial charge on any atom is 0.347 e. The molecule has 0 saturated heterocycles. The lowest BCUT2D eigenvalue weighted by Gasteiger charge is -2.26. The highest BCUT2D eigenvalue weighted by Crippen LogP contribution is 2.27. The summed E-state index contributed by atoms with van der Waals surface area (Å²) in [5.41, 5.74) is -1.12. The molecule has 2 rings (SSSR count). The number of nitrogens with zero attached hydrogens (tertiary/aromatic N) is 1. The van der Waals surface area contributed by atoms with E-state index in [2.05, 4.69) is 25.6 Å². The van der Waals surface area contributed by atoms with E-state index in [0.29, 0.717) is 12.8 Å². The van der Waals surface area contributed by atoms with Crippen LogP contribution < -0.4 is 9.47 Å². The van der Waals surface area contributed by atoms with Crippen LogP contribution in [0, 0.1) is 23.2 Å². The summed E-state index contributed by atoms with van der Waals surface area (Å²) >= 11 is 0. The van der Waals surface area contributed by atoms with E-state index in [1.807, 2.05) is 0 Å². The van der Waals surface area contributed by atoms with Crippen molar-refractivity contribution < 1.29 is 28.2 Å². The van der Waals surface area contributed by atoms with Gasteiger partial charge in [-0.15, -0.1) is 0 Å². The highest BCUT2D eigenvalue weighted by atomic mass is 19.1. The summed E-state index contributed by atoms with van der Waals surface area (Å²) < 4.78 is 30.1. The molecule has 7 heteroatoms. The Hall–Kier alpha value is -3.66. The highest BCUT2D eigenvalue weighted by Gasteiger charge is 2.33. The molecule has 0 fully saturated rings. The van der Waals surface area contributed by atoms with Gasteiger partial charge in [-0.25, -0.2) is 14.0 Å². The lowest BCUT2D eigenvalue weighted by molar-refractivity contribution is -0.149. The van der Waals surface area contributed by atoms with Gasteiger partial charge in [0.15, 0.2) is 17.2 Å². The fraction of sp³-hybridized carbons (Fsp3) is 0.370. The summed E-state index contributed by atoms with van der Waals surface area (Å²) in [5, 5.41) is 9.78. The smallest absolute Gasteiger partial charge is 0.347 e. The number of esters is 2. The van der Waals surface area contributed by atoms with E-state index in [1.54, 1.807) is 18.2 Å². The third kappa shape index (κ3) is 8.04. The first-order valence-corrected chi connectivity index (χ1v) is 11.3. The SMILES string of the molecule is C=CC(=O)OC(C#N)(CCCCCC)CCCOc1ccccc1C(=O)Oc1cc[c]cc1F. The first-order chi connectivity index (χ1) is 16.4. The standard InChI is InChI=1S/C27H29FNO5/c1-3-5-6-11-17-27(20-29,34-25(30)4-2)18-12-19-32-23-15-9-7-13-21(23)26(31)33-24-16-10-8-14-22(24)28/h4,7,9-10,13-16H,2-3,5-6,11-12,17-19H2,1H3. The number of para-hydroxylation sites is 1.